The van der Waals surface area contributed by atoms with E-state index in [0.717, 1.165) is 6.07 Å². The highest BCUT2D eigenvalue weighted by Crippen LogP contribution is 2.30. The Morgan fingerprint density at radius 3 is 2.47 bits per heavy atom. The number of aromatic nitrogens is 2. The lowest BCUT2D eigenvalue weighted by Crippen LogP contribution is -2.13. The highest BCUT2D eigenvalue weighted by molar-refractivity contribution is 5.31. The number of nitrogens with zero attached hydrogens (tertiary/aromatic N) is 2. The molecule has 0 saturated heterocycles. The van der Waals surface area contributed by atoms with E-state index in [2.05, 4.69) is 15.3 Å². The van der Waals surface area contributed by atoms with Crippen molar-refractivity contribution in [3.05, 3.63) is 11.8 Å². The van der Waals surface area contributed by atoms with E-state index < -0.39 is 11.9 Å². The molecule has 0 atom stereocenters. The smallest absolute Gasteiger partial charge is 0.433 e. The summed E-state index contributed by atoms with van der Waals surface area (Å²) >= 11 is 0. The monoisotopic (exact) mass is 249 g/mol. The van der Waals surface area contributed by atoms with Crippen molar-refractivity contribution in [3.63, 3.8) is 0 Å². The molecule has 0 amide bonds. The third-order valence-corrected chi connectivity index (χ3v) is 1.78. The van der Waals surface area contributed by atoms with Gasteiger partial charge in [-0.25, -0.2) is 4.98 Å². The number of hydrogen-bond acceptors (Lipinski definition) is 4. The summed E-state index contributed by atoms with van der Waals surface area (Å²) in [4.78, 5) is 7.12. The fourth-order valence-electron chi connectivity index (χ4n) is 1.01. The van der Waals surface area contributed by atoms with Gasteiger partial charge in [0.1, 0.15) is 0 Å². The van der Waals surface area contributed by atoms with E-state index in [-0.39, 0.29) is 17.7 Å². The summed E-state index contributed by atoms with van der Waals surface area (Å²) in [7, 11) is 1.45. The summed E-state index contributed by atoms with van der Waals surface area (Å²) in [5.41, 5.74) is -1.02. The van der Waals surface area contributed by atoms with E-state index in [1.54, 1.807) is 0 Å². The number of hydrogen-bond donors (Lipinski definition) is 1. The molecule has 0 aromatic carbocycles. The Morgan fingerprint density at radius 2 is 2.00 bits per heavy atom. The molecule has 0 radical (unpaired) electrons. The Bertz CT molecular complexity index is 380. The van der Waals surface area contributed by atoms with E-state index in [0.29, 0.717) is 6.61 Å². The maximum absolute atomic E-state index is 12.5. The molecule has 4 nitrogen and oxygen atoms in total. The molecule has 0 saturated carbocycles. The number of anilines is 1. The largest absolute Gasteiger partial charge is 0.477 e. The van der Waals surface area contributed by atoms with Crippen LogP contribution in [-0.4, -0.2) is 23.6 Å². The molecule has 0 bridgehead atoms. The van der Waals surface area contributed by atoms with Crippen LogP contribution in [0.2, 0.25) is 0 Å². The molecule has 0 spiro atoms. The van der Waals surface area contributed by atoms with Crippen molar-refractivity contribution in [1.82, 2.24) is 9.97 Å². The summed E-state index contributed by atoms with van der Waals surface area (Å²) in [6, 6.07) is 0.795. The van der Waals surface area contributed by atoms with E-state index in [1.807, 2.05) is 13.8 Å². The SMILES string of the molecule is CNc1nc(OCC(C)C)cc(C(F)(F)F)n1. The van der Waals surface area contributed by atoms with Gasteiger partial charge in [-0.2, -0.15) is 18.2 Å². The minimum Gasteiger partial charge on any atom is -0.477 e. The number of rotatable bonds is 4. The summed E-state index contributed by atoms with van der Waals surface area (Å²) in [6.07, 6.45) is -4.51. The van der Waals surface area contributed by atoms with Gasteiger partial charge in [0.15, 0.2) is 5.69 Å². The molecule has 1 heterocycles. The van der Waals surface area contributed by atoms with E-state index in [9.17, 15) is 13.2 Å². The van der Waals surface area contributed by atoms with Gasteiger partial charge < -0.3 is 10.1 Å². The zero-order valence-corrected chi connectivity index (χ0v) is 9.80. The molecular weight excluding hydrogens is 235 g/mol. The summed E-state index contributed by atoms with van der Waals surface area (Å²) in [6.45, 7) is 4.09. The lowest BCUT2D eigenvalue weighted by molar-refractivity contribution is -0.141. The number of nitrogens with one attached hydrogen (secondary N) is 1. The quantitative estimate of drug-likeness (QED) is 0.890. The van der Waals surface area contributed by atoms with Gasteiger partial charge in [0.25, 0.3) is 0 Å². The fourth-order valence-corrected chi connectivity index (χ4v) is 1.01. The maximum Gasteiger partial charge on any atom is 0.433 e. The second-order valence-electron chi connectivity index (χ2n) is 3.87. The second kappa shape index (κ2) is 5.20. The molecule has 1 rings (SSSR count). The lowest BCUT2D eigenvalue weighted by Gasteiger charge is -2.12. The highest BCUT2D eigenvalue weighted by atomic mass is 19.4. The van der Waals surface area contributed by atoms with E-state index >= 15 is 0 Å². The molecule has 0 aliphatic heterocycles. The predicted octanol–water partition coefficient (Wildman–Crippen LogP) is 2.57. The molecule has 0 aliphatic rings. The van der Waals surface area contributed by atoms with Gasteiger partial charge in [-0.3, -0.25) is 0 Å². The topological polar surface area (TPSA) is 47.0 Å². The zero-order chi connectivity index (χ0) is 13.1. The summed E-state index contributed by atoms with van der Waals surface area (Å²) < 4.78 is 42.7. The molecule has 1 aromatic heterocycles. The number of halogens is 3. The van der Waals surface area contributed by atoms with Crippen molar-refractivity contribution in [1.29, 1.82) is 0 Å². The Hall–Kier alpha value is -1.53. The highest BCUT2D eigenvalue weighted by Gasteiger charge is 2.34. The molecule has 0 unspecified atom stereocenters. The lowest BCUT2D eigenvalue weighted by atomic mass is 10.2. The van der Waals surface area contributed by atoms with Gasteiger partial charge in [0.05, 0.1) is 6.61 Å². The third kappa shape index (κ3) is 4.08. The van der Waals surface area contributed by atoms with Crippen molar-refractivity contribution in [3.8, 4) is 5.88 Å². The molecule has 17 heavy (non-hydrogen) atoms. The van der Waals surface area contributed by atoms with Crippen LogP contribution >= 0.6 is 0 Å². The maximum atomic E-state index is 12.5. The Kier molecular flexibility index (Phi) is 4.14. The average Bonchev–Trinajstić information content (AvgIpc) is 2.24. The van der Waals surface area contributed by atoms with Gasteiger partial charge in [0, 0.05) is 13.1 Å². The van der Waals surface area contributed by atoms with Crippen molar-refractivity contribution in [2.45, 2.75) is 20.0 Å². The number of alkyl halides is 3. The molecule has 1 aromatic rings. The van der Waals surface area contributed by atoms with E-state index in [4.69, 9.17) is 4.74 Å². The van der Waals surface area contributed by atoms with Gasteiger partial charge in [-0.15, -0.1) is 0 Å². The average molecular weight is 249 g/mol. The van der Waals surface area contributed by atoms with Crippen molar-refractivity contribution >= 4 is 5.95 Å². The standard InChI is InChI=1S/C10H14F3N3O/c1-6(2)5-17-8-4-7(10(11,12)13)15-9(14-3)16-8/h4,6H,5H2,1-3H3,(H,14,15,16). The van der Waals surface area contributed by atoms with Crippen LogP contribution in [0, 0.1) is 5.92 Å². The summed E-state index contributed by atoms with van der Waals surface area (Å²) in [5, 5.41) is 2.47. The first kappa shape index (κ1) is 13.5. The van der Waals surface area contributed by atoms with Crippen LogP contribution in [0.15, 0.2) is 6.07 Å². The minimum absolute atomic E-state index is 0.0784. The first-order valence-electron chi connectivity index (χ1n) is 5.09. The third-order valence-electron chi connectivity index (χ3n) is 1.78. The van der Waals surface area contributed by atoms with Crippen LogP contribution in [0.3, 0.4) is 0 Å². The molecule has 1 N–H and O–H groups in total. The van der Waals surface area contributed by atoms with Crippen LogP contribution in [0.4, 0.5) is 19.1 Å². The van der Waals surface area contributed by atoms with Gasteiger partial charge in [-0.05, 0) is 5.92 Å². The van der Waals surface area contributed by atoms with Crippen LogP contribution in [0.25, 0.3) is 0 Å². The van der Waals surface area contributed by atoms with Crippen LogP contribution < -0.4 is 10.1 Å². The van der Waals surface area contributed by atoms with Gasteiger partial charge in [-0.1, -0.05) is 13.8 Å². The van der Waals surface area contributed by atoms with Crippen molar-refractivity contribution in [2.24, 2.45) is 5.92 Å². The van der Waals surface area contributed by atoms with Crippen LogP contribution in [0.1, 0.15) is 19.5 Å². The van der Waals surface area contributed by atoms with Crippen molar-refractivity contribution < 1.29 is 17.9 Å². The zero-order valence-electron chi connectivity index (χ0n) is 9.80. The first-order chi connectivity index (χ1) is 7.82. The normalized spacial score (nSPS) is 11.7. The number of ether oxygens (including phenoxy) is 1. The molecule has 96 valence electrons. The first-order valence-corrected chi connectivity index (χ1v) is 5.09. The second-order valence-corrected chi connectivity index (χ2v) is 3.87. The molecular formula is C10H14F3N3O. The fraction of sp³-hybridized carbons (Fsp3) is 0.600. The molecule has 7 heteroatoms. The van der Waals surface area contributed by atoms with Crippen LogP contribution in [0.5, 0.6) is 5.88 Å². The van der Waals surface area contributed by atoms with Crippen molar-refractivity contribution in [2.75, 3.05) is 19.0 Å². The van der Waals surface area contributed by atoms with Gasteiger partial charge >= 0.3 is 6.18 Å². The van der Waals surface area contributed by atoms with Gasteiger partial charge in [0.2, 0.25) is 11.8 Å². The molecule has 0 fully saturated rings. The van der Waals surface area contributed by atoms with E-state index in [1.165, 1.54) is 7.05 Å². The Balaban J connectivity index is 2.97. The van der Waals surface area contributed by atoms with Crippen LogP contribution in [-0.2, 0) is 6.18 Å². The molecule has 0 aliphatic carbocycles. The minimum atomic E-state index is -4.51. The summed E-state index contributed by atoms with van der Waals surface area (Å²) in [5.74, 6) is 0.0151. The predicted molar refractivity (Wildman–Crippen MR) is 56.9 cm³/mol. The Morgan fingerprint density at radius 1 is 1.35 bits per heavy atom. The Labute approximate surface area is 97.2 Å².